The lowest BCUT2D eigenvalue weighted by molar-refractivity contribution is -0.137. The summed E-state index contributed by atoms with van der Waals surface area (Å²) in [6, 6.07) is 15.2. The van der Waals surface area contributed by atoms with Gasteiger partial charge in [0.25, 0.3) is 5.91 Å². The van der Waals surface area contributed by atoms with Gasteiger partial charge < -0.3 is 9.80 Å². The van der Waals surface area contributed by atoms with E-state index in [9.17, 15) is 22.4 Å². The van der Waals surface area contributed by atoms with Crippen LogP contribution in [0.4, 0.5) is 4.39 Å². The minimum atomic E-state index is -3.30. The van der Waals surface area contributed by atoms with E-state index in [1.807, 2.05) is 18.2 Å². The number of rotatable bonds is 11. The Morgan fingerprint density at radius 3 is 2.26 bits per heavy atom. The molecule has 9 heteroatoms. The zero-order valence-corrected chi connectivity index (χ0v) is 24.0. The highest BCUT2D eigenvalue weighted by Gasteiger charge is 2.49. The van der Waals surface area contributed by atoms with Crippen LogP contribution in [-0.4, -0.2) is 79.9 Å². The maximum Gasteiger partial charge on any atom is 0.254 e. The van der Waals surface area contributed by atoms with Crippen molar-refractivity contribution in [2.45, 2.75) is 57.4 Å². The van der Waals surface area contributed by atoms with E-state index in [4.69, 9.17) is 0 Å². The van der Waals surface area contributed by atoms with Gasteiger partial charge in [-0.15, -0.1) is 0 Å². The third-order valence-corrected chi connectivity index (χ3v) is 9.77. The summed E-state index contributed by atoms with van der Waals surface area (Å²) >= 11 is 0. The first kappa shape index (κ1) is 29.2. The molecule has 212 valence electrons. The number of halogens is 1. The Labute approximate surface area is 232 Å². The molecule has 1 aliphatic heterocycles. The van der Waals surface area contributed by atoms with Gasteiger partial charge in [0, 0.05) is 38.8 Å². The Bertz CT molecular complexity index is 1250. The highest BCUT2D eigenvalue weighted by molar-refractivity contribution is 7.88. The number of piperazine rings is 1. The van der Waals surface area contributed by atoms with Crippen LogP contribution in [0.2, 0.25) is 0 Å². The van der Waals surface area contributed by atoms with Crippen LogP contribution in [-0.2, 0) is 14.8 Å². The maximum atomic E-state index is 13.6. The van der Waals surface area contributed by atoms with E-state index in [1.165, 1.54) is 28.3 Å². The first-order valence-electron chi connectivity index (χ1n) is 13.8. The summed E-state index contributed by atoms with van der Waals surface area (Å²) in [7, 11) is -1.61. The molecule has 3 atom stereocenters. The third-order valence-electron chi connectivity index (χ3n) is 8.46. The van der Waals surface area contributed by atoms with Gasteiger partial charge in [0.1, 0.15) is 11.9 Å². The van der Waals surface area contributed by atoms with Gasteiger partial charge in [0.05, 0.1) is 6.26 Å². The van der Waals surface area contributed by atoms with Crippen molar-refractivity contribution >= 4 is 21.8 Å². The van der Waals surface area contributed by atoms with Gasteiger partial charge in [-0.2, -0.15) is 4.31 Å². The van der Waals surface area contributed by atoms with Crippen molar-refractivity contribution in [3.8, 4) is 0 Å². The van der Waals surface area contributed by atoms with Crippen LogP contribution >= 0.6 is 0 Å². The number of hydrogen-bond donors (Lipinski definition) is 0. The number of benzene rings is 2. The van der Waals surface area contributed by atoms with E-state index < -0.39 is 16.1 Å². The molecule has 2 aliphatic rings. The number of carbonyl (C=O) groups is 2. The SMILES string of the molecule is CN(C(=O)c1ccccc1)[C@@H](CCCCC[C@]1(C)C[C@H]1c1ccc(F)cc1)C(=O)N1CCN(S(C)(=O)=O)CC1. The van der Waals surface area contributed by atoms with Crippen molar-refractivity contribution in [2.24, 2.45) is 5.41 Å². The van der Waals surface area contributed by atoms with Crippen LogP contribution in [0.3, 0.4) is 0 Å². The minimum Gasteiger partial charge on any atom is -0.338 e. The van der Waals surface area contributed by atoms with E-state index in [2.05, 4.69) is 6.92 Å². The summed E-state index contributed by atoms with van der Waals surface area (Å²) in [5.74, 6) is -0.0670. The zero-order valence-electron chi connectivity index (χ0n) is 23.2. The first-order valence-corrected chi connectivity index (χ1v) is 15.7. The average Bonchev–Trinajstić information content (AvgIpc) is 3.61. The average molecular weight is 558 g/mol. The predicted octanol–water partition coefficient (Wildman–Crippen LogP) is 4.51. The van der Waals surface area contributed by atoms with Crippen molar-refractivity contribution in [1.29, 1.82) is 0 Å². The van der Waals surface area contributed by atoms with Crippen LogP contribution in [0.5, 0.6) is 0 Å². The molecule has 0 aromatic heterocycles. The molecule has 0 bridgehead atoms. The van der Waals surface area contributed by atoms with Gasteiger partial charge in [-0.05, 0) is 60.4 Å². The van der Waals surface area contributed by atoms with E-state index >= 15 is 0 Å². The van der Waals surface area contributed by atoms with E-state index in [0.717, 1.165) is 32.1 Å². The lowest BCUT2D eigenvalue weighted by Crippen LogP contribution is -2.56. The van der Waals surface area contributed by atoms with Gasteiger partial charge in [-0.3, -0.25) is 9.59 Å². The summed E-state index contributed by atoms with van der Waals surface area (Å²) in [5, 5.41) is 0. The van der Waals surface area contributed by atoms with Crippen LogP contribution in [0.25, 0.3) is 0 Å². The Balaban J connectivity index is 1.34. The summed E-state index contributed by atoms with van der Waals surface area (Å²) in [6.45, 7) is 3.45. The Morgan fingerprint density at radius 2 is 1.64 bits per heavy atom. The summed E-state index contributed by atoms with van der Waals surface area (Å²) < 4.78 is 38.5. The van der Waals surface area contributed by atoms with Crippen molar-refractivity contribution < 1.29 is 22.4 Å². The Kier molecular flexibility index (Phi) is 9.11. The van der Waals surface area contributed by atoms with Crippen molar-refractivity contribution in [3.63, 3.8) is 0 Å². The maximum absolute atomic E-state index is 13.6. The molecule has 39 heavy (non-hydrogen) atoms. The molecule has 1 aliphatic carbocycles. The number of sulfonamides is 1. The lowest BCUT2D eigenvalue weighted by atomic mass is 9.94. The number of likely N-dealkylation sites (N-methyl/N-ethyl adjacent to an activating group) is 1. The largest absolute Gasteiger partial charge is 0.338 e. The minimum absolute atomic E-state index is 0.125. The fourth-order valence-corrected chi connectivity index (χ4v) is 6.63. The van der Waals surface area contributed by atoms with E-state index in [-0.39, 0.29) is 36.1 Å². The lowest BCUT2D eigenvalue weighted by Gasteiger charge is -2.37. The summed E-state index contributed by atoms with van der Waals surface area (Å²) in [6.07, 6.45) is 6.70. The van der Waals surface area contributed by atoms with Gasteiger partial charge in [0.15, 0.2) is 0 Å². The van der Waals surface area contributed by atoms with Crippen LogP contribution in [0.1, 0.15) is 67.3 Å². The molecule has 0 spiro atoms. The van der Waals surface area contributed by atoms with E-state index in [1.54, 1.807) is 41.1 Å². The van der Waals surface area contributed by atoms with Gasteiger partial charge in [-0.1, -0.05) is 56.5 Å². The topological polar surface area (TPSA) is 78.0 Å². The Morgan fingerprint density at radius 1 is 1.00 bits per heavy atom. The Hall–Kier alpha value is -2.78. The standard InChI is InChI=1S/C30H40FN3O4S/c1-30(22-26(30)23-13-15-25(31)16-14-23)17-9-5-8-12-27(32(2)28(35)24-10-6-4-7-11-24)29(36)33-18-20-34(21-19-33)39(3,37)38/h4,6-7,10-11,13-16,26-27H,5,8-9,12,17-22H2,1-3H3/t26-,27-,30+/m0/s1. The number of carbonyl (C=O) groups excluding carboxylic acids is 2. The molecule has 1 heterocycles. The second-order valence-electron chi connectivity index (χ2n) is 11.3. The molecule has 2 amide bonds. The summed E-state index contributed by atoms with van der Waals surface area (Å²) in [5.41, 5.74) is 1.96. The summed E-state index contributed by atoms with van der Waals surface area (Å²) in [4.78, 5) is 30.1. The molecule has 0 N–H and O–H groups in total. The molecule has 2 fully saturated rings. The molecular weight excluding hydrogens is 517 g/mol. The molecular formula is C30H40FN3O4S. The fraction of sp³-hybridized carbons (Fsp3) is 0.533. The highest BCUT2D eigenvalue weighted by Crippen LogP contribution is 2.61. The number of unbranched alkanes of at least 4 members (excludes halogenated alkanes) is 2. The first-order chi connectivity index (χ1) is 18.5. The quantitative estimate of drug-likeness (QED) is 0.381. The predicted molar refractivity (Wildman–Crippen MR) is 150 cm³/mol. The normalized spacial score (nSPS) is 22.4. The van der Waals surface area contributed by atoms with E-state index in [0.29, 0.717) is 31.0 Å². The molecule has 0 radical (unpaired) electrons. The van der Waals surface area contributed by atoms with Crippen LogP contribution < -0.4 is 0 Å². The van der Waals surface area contributed by atoms with Gasteiger partial charge in [0.2, 0.25) is 15.9 Å². The number of hydrogen-bond acceptors (Lipinski definition) is 4. The second-order valence-corrected chi connectivity index (χ2v) is 13.3. The molecule has 2 aromatic rings. The van der Waals surface area contributed by atoms with Gasteiger partial charge >= 0.3 is 0 Å². The molecule has 7 nitrogen and oxygen atoms in total. The second kappa shape index (κ2) is 12.2. The molecule has 1 saturated heterocycles. The smallest absolute Gasteiger partial charge is 0.254 e. The monoisotopic (exact) mass is 557 g/mol. The molecule has 1 saturated carbocycles. The van der Waals surface area contributed by atoms with Crippen molar-refractivity contribution in [2.75, 3.05) is 39.5 Å². The van der Waals surface area contributed by atoms with Crippen LogP contribution in [0, 0.1) is 11.2 Å². The number of amides is 2. The van der Waals surface area contributed by atoms with Crippen molar-refractivity contribution in [3.05, 3.63) is 71.5 Å². The molecule has 2 aromatic carbocycles. The molecule has 4 rings (SSSR count). The fourth-order valence-electron chi connectivity index (χ4n) is 5.80. The highest BCUT2D eigenvalue weighted by atomic mass is 32.2. The zero-order chi connectivity index (χ0) is 28.2. The van der Waals surface area contributed by atoms with Crippen LogP contribution in [0.15, 0.2) is 54.6 Å². The molecule has 0 unspecified atom stereocenters. The van der Waals surface area contributed by atoms with Crippen molar-refractivity contribution in [1.82, 2.24) is 14.1 Å². The third kappa shape index (κ3) is 7.25. The number of nitrogens with zero attached hydrogens (tertiary/aromatic N) is 3. The van der Waals surface area contributed by atoms with Gasteiger partial charge in [-0.25, -0.2) is 12.8 Å².